The number of carbonyl (C=O) groups excluding carboxylic acids is 1. The van der Waals surface area contributed by atoms with Crippen LogP contribution in [0.1, 0.15) is 44.6 Å². The molecule has 1 fully saturated rings. The van der Waals surface area contributed by atoms with Gasteiger partial charge in [0.15, 0.2) is 0 Å². The molecule has 3 rings (SSSR count). The molecule has 0 aliphatic heterocycles. The molecule has 1 aromatic carbocycles. The summed E-state index contributed by atoms with van der Waals surface area (Å²) in [6.45, 7) is 2.25. The van der Waals surface area contributed by atoms with Crippen LogP contribution in [-0.4, -0.2) is 23.0 Å². The summed E-state index contributed by atoms with van der Waals surface area (Å²) >= 11 is 0. The molecule has 0 saturated heterocycles. The summed E-state index contributed by atoms with van der Waals surface area (Å²) in [5, 5.41) is 4.30. The Hall–Kier alpha value is -1.81. The summed E-state index contributed by atoms with van der Waals surface area (Å²) in [6.07, 6.45) is 8.40. The molecule has 4 heteroatoms. The van der Waals surface area contributed by atoms with E-state index in [-0.39, 0.29) is 5.91 Å². The highest BCUT2D eigenvalue weighted by Crippen LogP contribution is 2.26. The van der Waals surface area contributed by atoms with Crippen molar-refractivity contribution in [1.29, 1.82) is 0 Å². The van der Waals surface area contributed by atoms with Crippen molar-refractivity contribution >= 4 is 16.8 Å². The number of nitrogens with one attached hydrogen (secondary N) is 2. The van der Waals surface area contributed by atoms with E-state index in [0.29, 0.717) is 12.5 Å². The Morgan fingerprint density at radius 1 is 1.30 bits per heavy atom. The van der Waals surface area contributed by atoms with Gasteiger partial charge in [-0.1, -0.05) is 31.5 Å². The molecule has 0 spiro atoms. The fraction of sp³-hybridized carbons (Fsp3) is 0.526. The lowest BCUT2D eigenvalue weighted by molar-refractivity contribution is -0.123. The molecule has 4 N–H and O–H groups in total. The number of H-pyrrole nitrogens is 1. The van der Waals surface area contributed by atoms with Crippen molar-refractivity contribution in [3.05, 3.63) is 36.0 Å². The molecule has 0 unspecified atom stereocenters. The average molecular weight is 313 g/mol. The molecule has 124 valence electrons. The van der Waals surface area contributed by atoms with E-state index in [1.54, 1.807) is 0 Å². The van der Waals surface area contributed by atoms with Crippen molar-refractivity contribution < 1.29 is 4.79 Å². The van der Waals surface area contributed by atoms with E-state index in [0.717, 1.165) is 35.2 Å². The second-order valence-electron chi connectivity index (χ2n) is 6.80. The van der Waals surface area contributed by atoms with Crippen molar-refractivity contribution in [2.75, 3.05) is 0 Å². The fourth-order valence-electron chi connectivity index (χ4n) is 3.65. The maximum atomic E-state index is 12.4. The van der Waals surface area contributed by atoms with Crippen LogP contribution in [0.3, 0.4) is 0 Å². The Morgan fingerprint density at radius 2 is 2.04 bits per heavy atom. The Bertz CT molecular complexity index is 655. The van der Waals surface area contributed by atoms with E-state index in [1.807, 2.05) is 24.4 Å². The Labute approximate surface area is 137 Å². The van der Waals surface area contributed by atoms with E-state index in [1.165, 1.54) is 19.3 Å². The lowest BCUT2D eigenvalue weighted by Gasteiger charge is -2.29. The largest absolute Gasteiger partial charge is 0.361 e. The van der Waals surface area contributed by atoms with Crippen molar-refractivity contribution in [2.45, 2.75) is 57.5 Å². The van der Waals surface area contributed by atoms with Crippen LogP contribution in [0.15, 0.2) is 30.5 Å². The molecule has 23 heavy (non-hydrogen) atoms. The smallest absolute Gasteiger partial charge is 0.237 e. The first-order valence-electron chi connectivity index (χ1n) is 8.78. The number of aromatic nitrogens is 1. The third-order valence-electron chi connectivity index (χ3n) is 5.22. The standard InChI is InChI=1S/C19H27N3O/c1-2-13-7-9-15(10-8-13)22-19(23)17(20)11-14-12-21-18-6-4-3-5-16(14)18/h3-6,12-13,15,17,21H,2,7-11,20H2,1H3,(H,22,23)/t13?,15?,17-/m0/s1. The predicted molar refractivity (Wildman–Crippen MR) is 94.2 cm³/mol. The van der Waals surface area contributed by atoms with Crippen LogP contribution in [0, 0.1) is 5.92 Å². The van der Waals surface area contributed by atoms with Gasteiger partial charge in [0.1, 0.15) is 0 Å². The number of carbonyl (C=O) groups is 1. The first-order valence-corrected chi connectivity index (χ1v) is 8.78. The number of fused-ring (bicyclic) bond motifs is 1. The van der Waals surface area contributed by atoms with Gasteiger partial charge in [0.05, 0.1) is 6.04 Å². The third kappa shape index (κ3) is 3.75. The van der Waals surface area contributed by atoms with Gasteiger partial charge in [-0.3, -0.25) is 4.79 Å². The predicted octanol–water partition coefficient (Wildman–Crippen LogP) is 3.12. The van der Waals surface area contributed by atoms with E-state index in [2.05, 4.69) is 23.3 Å². The number of nitrogens with two attached hydrogens (primary N) is 1. The number of hydrogen-bond acceptors (Lipinski definition) is 2. The SMILES string of the molecule is CCC1CCC(NC(=O)[C@@H](N)Cc2c[nH]c3ccccc23)CC1. The Kier molecular flexibility index (Phi) is 5.01. The molecule has 0 radical (unpaired) electrons. The van der Waals surface area contributed by atoms with Gasteiger partial charge in [-0.05, 0) is 49.7 Å². The molecule has 0 bridgehead atoms. The summed E-state index contributed by atoms with van der Waals surface area (Å²) in [5.74, 6) is 0.818. The van der Waals surface area contributed by atoms with Gasteiger partial charge in [0.25, 0.3) is 0 Å². The molecular formula is C19H27N3O. The molecular weight excluding hydrogens is 286 g/mol. The third-order valence-corrected chi connectivity index (χ3v) is 5.22. The van der Waals surface area contributed by atoms with Crippen LogP contribution in [0.5, 0.6) is 0 Å². The Morgan fingerprint density at radius 3 is 2.78 bits per heavy atom. The molecule has 1 aromatic heterocycles. The van der Waals surface area contributed by atoms with Crippen molar-refractivity contribution in [3.63, 3.8) is 0 Å². The van der Waals surface area contributed by atoms with Crippen LogP contribution in [0.2, 0.25) is 0 Å². The molecule has 1 atom stereocenters. The minimum Gasteiger partial charge on any atom is -0.361 e. The molecule has 1 saturated carbocycles. The number of amides is 1. The summed E-state index contributed by atoms with van der Waals surface area (Å²) in [4.78, 5) is 15.6. The van der Waals surface area contributed by atoms with E-state index in [9.17, 15) is 4.79 Å². The fourth-order valence-corrected chi connectivity index (χ4v) is 3.65. The zero-order valence-corrected chi connectivity index (χ0v) is 13.8. The molecule has 4 nitrogen and oxygen atoms in total. The van der Waals surface area contributed by atoms with Crippen molar-refractivity contribution in [3.8, 4) is 0 Å². The quantitative estimate of drug-likeness (QED) is 0.793. The summed E-state index contributed by atoms with van der Waals surface area (Å²) in [6, 6.07) is 7.94. The second kappa shape index (κ2) is 7.18. The minimum atomic E-state index is -0.488. The number of aromatic amines is 1. The highest BCUT2D eigenvalue weighted by Gasteiger charge is 2.24. The summed E-state index contributed by atoms with van der Waals surface area (Å²) < 4.78 is 0. The highest BCUT2D eigenvalue weighted by atomic mass is 16.2. The van der Waals surface area contributed by atoms with Crippen LogP contribution < -0.4 is 11.1 Å². The van der Waals surface area contributed by atoms with Crippen LogP contribution >= 0.6 is 0 Å². The Balaban J connectivity index is 1.56. The van der Waals surface area contributed by atoms with Crippen molar-refractivity contribution in [2.24, 2.45) is 11.7 Å². The molecule has 1 aliphatic carbocycles. The number of benzene rings is 1. The van der Waals surface area contributed by atoms with Gasteiger partial charge >= 0.3 is 0 Å². The van der Waals surface area contributed by atoms with Gasteiger partial charge in [0, 0.05) is 23.1 Å². The van der Waals surface area contributed by atoms with E-state index in [4.69, 9.17) is 5.73 Å². The van der Waals surface area contributed by atoms with Gasteiger partial charge in [-0.25, -0.2) is 0 Å². The zero-order valence-electron chi connectivity index (χ0n) is 13.8. The zero-order chi connectivity index (χ0) is 16.2. The number of rotatable bonds is 5. The number of hydrogen-bond donors (Lipinski definition) is 3. The molecule has 2 aromatic rings. The molecule has 1 amide bonds. The summed E-state index contributed by atoms with van der Waals surface area (Å²) in [7, 11) is 0. The van der Waals surface area contributed by atoms with Crippen LogP contribution in [0.25, 0.3) is 10.9 Å². The number of para-hydroxylation sites is 1. The van der Waals surface area contributed by atoms with Gasteiger partial charge in [-0.2, -0.15) is 0 Å². The minimum absolute atomic E-state index is 0.0183. The second-order valence-corrected chi connectivity index (χ2v) is 6.80. The average Bonchev–Trinajstić information content (AvgIpc) is 2.98. The van der Waals surface area contributed by atoms with Crippen LogP contribution in [-0.2, 0) is 11.2 Å². The monoisotopic (exact) mass is 313 g/mol. The highest BCUT2D eigenvalue weighted by molar-refractivity contribution is 5.86. The van der Waals surface area contributed by atoms with Gasteiger partial charge in [-0.15, -0.1) is 0 Å². The molecule has 1 aliphatic rings. The maximum absolute atomic E-state index is 12.4. The normalized spacial score (nSPS) is 22.9. The van der Waals surface area contributed by atoms with Crippen LogP contribution in [0.4, 0.5) is 0 Å². The first-order chi connectivity index (χ1) is 11.2. The van der Waals surface area contributed by atoms with Gasteiger partial charge in [0.2, 0.25) is 5.91 Å². The summed E-state index contributed by atoms with van der Waals surface area (Å²) in [5.41, 5.74) is 8.34. The maximum Gasteiger partial charge on any atom is 0.237 e. The van der Waals surface area contributed by atoms with Crippen molar-refractivity contribution in [1.82, 2.24) is 10.3 Å². The van der Waals surface area contributed by atoms with E-state index < -0.39 is 6.04 Å². The molecule has 1 heterocycles. The first kappa shape index (κ1) is 16.1. The lowest BCUT2D eigenvalue weighted by Crippen LogP contribution is -2.47. The van der Waals surface area contributed by atoms with E-state index >= 15 is 0 Å². The lowest BCUT2D eigenvalue weighted by atomic mass is 9.84. The topological polar surface area (TPSA) is 70.9 Å². The van der Waals surface area contributed by atoms with Gasteiger partial charge < -0.3 is 16.0 Å².